The SMILES string of the molecule is Cc1ccc2nc(N3CCC(C(=O)Nc4ccc(Cl)cc4)CC3)sc2c1. The number of anilines is 2. The second kappa shape index (κ2) is 7.25. The molecule has 1 aliphatic heterocycles. The maximum absolute atomic E-state index is 12.5. The smallest absolute Gasteiger partial charge is 0.227 e. The maximum atomic E-state index is 12.5. The molecule has 26 heavy (non-hydrogen) atoms. The van der Waals surface area contributed by atoms with Crippen LogP contribution >= 0.6 is 22.9 Å². The van der Waals surface area contributed by atoms with Crippen LogP contribution in [0.15, 0.2) is 42.5 Å². The molecule has 1 amide bonds. The number of amides is 1. The second-order valence-corrected chi connectivity index (χ2v) is 8.17. The minimum absolute atomic E-state index is 0.0403. The number of benzene rings is 2. The van der Waals surface area contributed by atoms with Crippen LogP contribution in [0, 0.1) is 12.8 Å². The highest BCUT2D eigenvalue weighted by Gasteiger charge is 2.26. The lowest BCUT2D eigenvalue weighted by atomic mass is 9.96. The van der Waals surface area contributed by atoms with E-state index in [9.17, 15) is 4.79 Å². The third-order valence-electron chi connectivity index (χ3n) is 4.78. The zero-order chi connectivity index (χ0) is 18.1. The molecule has 134 valence electrons. The Balaban J connectivity index is 1.38. The van der Waals surface area contributed by atoms with Crippen LogP contribution < -0.4 is 10.2 Å². The number of piperidine rings is 1. The van der Waals surface area contributed by atoms with Gasteiger partial charge in [-0.1, -0.05) is 29.0 Å². The Labute approximate surface area is 161 Å². The van der Waals surface area contributed by atoms with Crippen molar-refractivity contribution in [1.82, 2.24) is 4.98 Å². The van der Waals surface area contributed by atoms with Crippen LogP contribution in [0.4, 0.5) is 10.8 Å². The molecule has 4 nitrogen and oxygen atoms in total. The molecule has 1 N–H and O–H groups in total. The number of rotatable bonds is 3. The molecule has 3 aromatic rings. The molecule has 0 aliphatic carbocycles. The van der Waals surface area contributed by atoms with Gasteiger partial charge in [0.1, 0.15) is 0 Å². The van der Waals surface area contributed by atoms with E-state index in [-0.39, 0.29) is 11.8 Å². The lowest BCUT2D eigenvalue weighted by Crippen LogP contribution is -2.38. The average Bonchev–Trinajstić information content (AvgIpc) is 3.07. The summed E-state index contributed by atoms with van der Waals surface area (Å²) in [5, 5.41) is 4.72. The number of thiazole rings is 1. The van der Waals surface area contributed by atoms with Crippen LogP contribution in [0.1, 0.15) is 18.4 Å². The highest BCUT2D eigenvalue weighted by Crippen LogP contribution is 2.32. The number of aromatic nitrogens is 1. The summed E-state index contributed by atoms with van der Waals surface area (Å²) < 4.78 is 1.22. The number of carbonyl (C=O) groups excluding carboxylic acids is 1. The van der Waals surface area contributed by atoms with Gasteiger partial charge in [-0.25, -0.2) is 4.98 Å². The van der Waals surface area contributed by atoms with Crippen molar-refractivity contribution in [2.24, 2.45) is 5.92 Å². The first kappa shape index (κ1) is 17.3. The molecule has 0 unspecified atom stereocenters. The molecule has 2 heterocycles. The fraction of sp³-hybridized carbons (Fsp3) is 0.300. The van der Waals surface area contributed by atoms with E-state index in [4.69, 9.17) is 16.6 Å². The van der Waals surface area contributed by atoms with Gasteiger partial charge in [-0.15, -0.1) is 0 Å². The van der Waals surface area contributed by atoms with E-state index >= 15 is 0 Å². The predicted molar refractivity (Wildman–Crippen MR) is 109 cm³/mol. The third kappa shape index (κ3) is 3.69. The Kier molecular flexibility index (Phi) is 4.83. The molecule has 1 aromatic heterocycles. The highest BCUT2D eigenvalue weighted by atomic mass is 35.5. The van der Waals surface area contributed by atoms with Crippen molar-refractivity contribution in [3.05, 3.63) is 53.1 Å². The molecule has 1 aliphatic rings. The molecule has 0 spiro atoms. The predicted octanol–water partition coefficient (Wildman–Crippen LogP) is 5.11. The number of fused-ring (bicyclic) bond motifs is 1. The number of halogens is 1. The minimum Gasteiger partial charge on any atom is -0.348 e. The average molecular weight is 386 g/mol. The Morgan fingerprint density at radius 1 is 1.19 bits per heavy atom. The van der Waals surface area contributed by atoms with Crippen molar-refractivity contribution in [3.63, 3.8) is 0 Å². The van der Waals surface area contributed by atoms with Crippen molar-refractivity contribution < 1.29 is 4.79 Å². The number of nitrogens with zero attached hydrogens (tertiary/aromatic N) is 2. The zero-order valence-electron chi connectivity index (χ0n) is 14.5. The molecule has 0 bridgehead atoms. The Morgan fingerprint density at radius 2 is 1.92 bits per heavy atom. The molecule has 1 fully saturated rings. The normalized spacial score (nSPS) is 15.4. The van der Waals surface area contributed by atoms with Gasteiger partial charge in [-0.2, -0.15) is 0 Å². The summed E-state index contributed by atoms with van der Waals surface area (Å²) in [5.74, 6) is 0.130. The van der Waals surface area contributed by atoms with Gasteiger partial charge in [0.05, 0.1) is 10.2 Å². The van der Waals surface area contributed by atoms with E-state index in [1.165, 1.54) is 10.3 Å². The molecule has 0 atom stereocenters. The maximum Gasteiger partial charge on any atom is 0.227 e. The summed E-state index contributed by atoms with van der Waals surface area (Å²) in [6.07, 6.45) is 1.68. The van der Waals surface area contributed by atoms with Crippen molar-refractivity contribution in [2.75, 3.05) is 23.3 Å². The number of nitrogens with one attached hydrogen (secondary N) is 1. The first-order chi connectivity index (χ1) is 12.6. The summed E-state index contributed by atoms with van der Waals surface area (Å²) in [5.41, 5.74) is 3.10. The third-order valence-corrected chi connectivity index (χ3v) is 6.11. The van der Waals surface area contributed by atoms with E-state index in [0.29, 0.717) is 5.02 Å². The first-order valence-corrected chi connectivity index (χ1v) is 9.96. The summed E-state index contributed by atoms with van der Waals surface area (Å²) in [6.45, 7) is 3.82. The van der Waals surface area contributed by atoms with Gasteiger partial charge in [0, 0.05) is 29.7 Å². The van der Waals surface area contributed by atoms with E-state index in [0.717, 1.165) is 42.3 Å². The lowest BCUT2D eigenvalue weighted by Gasteiger charge is -2.31. The van der Waals surface area contributed by atoms with Crippen LogP contribution in [0.25, 0.3) is 10.2 Å². The van der Waals surface area contributed by atoms with Crippen LogP contribution in [-0.2, 0) is 4.79 Å². The molecule has 0 saturated carbocycles. The van der Waals surface area contributed by atoms with Gasteiger partial charge in [-0.05, 0) is 61.7 Å². The Bertz CT molecular complexity index is 930. The lowest BCUT2D eigenvalue weighted by molar-refractivity contribution is -0.120. The van der Waals surface area contributed by atoms with E-state index in [1.807, 2.05) is 12.1 Å². The largest absolute Gasteiger partial charge is 0.348 e. The van der Waals surface area contributed by atoms with Gasteiger partial charge >= 0.3 is 0 Å². The second-order valence-electron chi connectivity index (χ2n) is 6.73. The van der Waals surface area contributed by atoms with E-state index in [1.54, 1.807) is 23.5 Å². The minimum atomic E-state index is 0.0403. The fourth-order valence-corrected chi connectivity index (χ4v) is 4.51. The number of hydrogen-bond donors (Lipinski definition) is 1. The Hall–Kier alpha value is -2.11. The summed E-state index contributed by atoms with van der Waals surface area (Å²) in [6, 6.07) is 13.6. The van der Waals surface area contributed by atoms with Crippen molar-refractivity contribution in [3.8, 4) is 0 Å². The van der Waals surface area contributed by atoms with Gasteiger partial charge in [-0.3, -0.25) is 4.79 Å². The zero-order valence-corrected chi connectivity index (χ0v) is 16.1. The number of aryl methyl sites for hydroxylation is 1. The standard InChI is InChI=1S/C20H20ClN3OS/c1-13-2-7-17-18(12-13)26-20(23-17)24-10-8-14(9-11-24)19(25)22-16-5-3-15(21)4-6-16/h2-7,12,14H,8-11H2,1H3,(H,22,25). The topological polar surface area (TPSA) is 45.2 Å². The number of carbonyl (C=O) groups is 1. The first-order valence-electron chi connectivity index (χ1n) is 8.77. The van der Waals surface area contributed by atoms with Gasteiger partial charge in [0.2, 0.25) is 5.91 Å². The molecule has 4 rings (SSSR count). The quantitative estimate of drug-likeness (QED) is 0.681. The summed E-state index contributed by atoms with van der Waals surface area (Å²) in [7, 11) is 0. The van der Waals surface area contributed by atoms with Gasteiger partial charge in [0.15, 0.2) is 5.13 Å². The molecule has 1 saturated heterocycles. The molecule has 2 aromatic carbocycles. The van der Waals surface area contributed by atoms with Crippen molar-refractivity contribution in [2.45, 2.75) is 19.8 Å². The summed E-state index contributed by atoms with van der Waals surface area (Å²) >= 11 is 7.62. The molecule has 6 heteroatoms. The number of hydrogen-bond acceptors (Lipinski definition) is 4. The fourth-order valence-electron chi connectivity index (χ4n) is 3.27. The van der Waals surface area contributed by atoms with E-state index < -0.39 is 0 Å². The Morgan fingerprint density at radius 3 is 2.65 bits per heavy atom. The van der Waals surface area contributed by atoms with Gasteiger partial charge < -0.3 is 10.2 Å². The summed E-state index contributed by atoms with van der Waals surface area (Å²) in [4.78, 5) is 19.6. The van der Waals surface area contributed by atoms with Crippen molar-refractivity contribution >= 4 is 49.9 Å². The molecular formula is C20H20ClN3OS. The molecular weight excluding hydrogens is 366 g/mol. The monoisotopic (exact) mass is 385 g/mol. The van der Waals surface area contributed by atoms with Crippen LogP contribution in [0.3, 0.4) is 0 Å². The molecule has 0 radical (unpaired) electrons. The van der Waals surface area contributed by atoms with Crippen LogP contribution in [0.5, 0.6) is 0 Å². The van der Waals surface area contributed by atoms with Gasteiger partial charge in [0.25, 0.3) is 0 Å². The van der Waals surface area contributed by atoms with Crippen LogP contribution in [0.2, 0.25) is 5.02 Å². The van der Waals surface area contributed by atoms with Crippen molar-refractivity contribution in [1.29, 1.82) is 0 Å². The van der Waals surface area contributed by atoms with Crippen LogP contribution in [-0.4, -0.2) is 24.0 Å². The van der Waals surface area contributed by atoms with E-state index in [2.05, 4.69) is 35.3 Å². The highest BCUT2D eigenvalue weighted by molar-refractivity contribution is 7.22.